The summed E-state index contributed by atoms with van der Waals surface area (Å²) < 4.78 is 18.0. The highest BCUT2D eigenvalue weighted by Gasteiger charge is 2.19. The van der Waals surface area contributed by atoms with Crippen molar-refractivity contribution in [2.24, 2.45) is 0 Å². The maximum atomic E-state index is 13.0. The molecule has 0 heterocycles. The molecule has 26 heavy (non-hydrogen) atoms. The van der Waals surface area contributed by atoms with Crippen LogP contribution in [0.2, 0.25) is 5.02 Å². The van der Waals surface area contributed by atoms with Crippen LogP contribution in [0.15, 0.2) is 48.5 Å². The Kier molecular flexibility index (Phi) is 7.60. The molecule has 0 saturated heterocycles. The quantitative estimate of drug-likeness (QED) is 0.650. The number of rotatable bonds is 8. The second-order valence-corrected chi connectivity index (χ2v) is 6.11. The molecule has 0 saturated carbocycles. The Morgan fingerprint density at radius 2 is 1.77 bits per heavy atom. The highest BCUT2D eigenvalue weighted by atomic mass is 35.5. The van der Waals surface area contributed by atoms with Crippen molar-refractivity contribution in [3.8, 4) is 0 Å². The summed E-state index contributed by atoms with van der Waals surface area (Å²) in [7, 11) is 0. The molecule has 0 atom stereocenters. The lowest BCUT2D eigenvalue weighted by Gasteiger charge is -2.23. The third-order valence-electron chi connectivity index (χ3n) is 3.87. The van der Waals surface area contributed by atoms with Gasteiger partial charge in [-0.25, -0.2) is 4.39 Å². The van der Waals surface area contributed by atoms with Gasteiger partial charge in [0.15, 0.2) is 0 Å². The number of carbonyl (C=O) groups excluding carboxylic acids is 2. The summed E-state index contributed by atoms with van der Waals surface area (Å²) in [4.78, 5) is 26.1. The monoisotopic (exact) mass is 377 g/mol. The van der Waals surface area contributed by atoms with Gasteiger partial charge in [0.2, 0.25) is 0 Å². The fourth-order valence-electron chi connectivity index (χ4n) is 2.49. The Hall–Kier alpha value is -2.40. The molecule has 2 aromatic carbocycles. The standard InChI is InChI=1S/C20H21ClFNO3/c1-2-26-19(24)12-14-23(13-11-15-7-9-16(22)10-8-15)20(25)17-5-3-4-6-18(17)21/h3-10H,2,11-14H2,1H3. The zero-order chi connectivity index (χ0) is 18.9. The van der Waals surface area contributed by atoms with E-state index in [0.29, 0.717) is 30.2 Å². The number of benzene rings is 2. The number of nitrogens with zero attached hydrogens (tertiary/aromatic N) is 1. The van der Waals surface area contributed by atoms with Crippen molar-refractivity contribution in [3.63, 3.8) is 0 Å². The van der Waals surface area contributed by atoms with Crippen LogP contribution in [0.25, 0.3) is 0 Å². The first-order chi connectivity index (χ1) is 12.5. The lowest BCUT2D eigenvalue weighted by Crippen LogP contribution is -2.35. The van der Waals surface area contributed by atoms with Gasteiger partial charge in [-0.1, -0.05) is 35.9 Å². The minimum absolute atomic E-state index is 0.105. The molecule has 0 aromatic heterocycles. The molecule has 0 aliphatic heterocycles. The normalized spacial score (nSPS) is 10.4. The third-order valence-corrected chi connectivity index (χ3v) is 4.20. The van der Waals surface area contributed by atoms with Gasteiger partial charge in [0.05, 0.1) is 23.6 Å². The molecule has 2 aromatic rings. The lowest BCUT2D eigenvalue weighted by atomic mass is 10.1. The molecule has 4 nitrogen and oxygen atoms in total. The van der Waals surface area contributed by atoms with E-state index in [0.717, 1.165) is 5.56 Å². The summed E-state index contributed by atoms with van der Waals surface area (Å²) in [6.07, 6.45) is 0.646. The van der Waals surface area contributed by atoms with Crippen molar-refractivity contribution < 1.29 is 18.7 Å². The molecular weight excluding hydrogens is 357 g/mol. The second kappa shape index (κ2) is 9.92. The van der Waals surface area contributed by atoms with Gasteiger partial charge >= 0.3 is 5.97 Å². The molecule has 2 rings (SSSR count). The van der Waals surface area contributed by atoms with Gasteiger partial charge < -0.3 is 9.64 Å². The van der Waals surface area contributed by atoms with Crippen molar-refractivity contribution in [1.82, 2.24) is 4.90 Å². The SMILES string of the molecule is CCOC(=O)CCN(CCc1ccc(F)cc1)C(=O)c1ccccc1Cl. The van der Waals surface area contributed by atoms with E-state index in [4.69, 9.17) is 16.3 Å². The second-order valence-electron chi connectivity index (χ2n) is 5.70. The molecule has 138 valence electrons. The van der Waals surface area contributed by atoms with E-state index in [-0.39, 0.29) is 30.7 Å². The zero-order valence-corrected chi connectivity index (χ0v) is 15.3. The predicted octanol–water partition coefficient (Wildman–Crippen LogP) is 4.12. The van der Waals surface area contributed by atoms with Crippen molar-refractivity contribution in [2.45, 2.75) is 19.8 Å². The number of halogens is 2. The average Bonchev–Trinajstić information content (AvgIpc) is 2.63. The topological polar surface area (TPSA) is 46.6 Å². The summed E-state index contributed by atoms with van der Waals surface area (Å²) in [5.74, 6) is -0.909. The maximum Gasteiger partial charge on any atom is 0.307 e. The van der Waals surface area contributed by atoms with Gasteiger partial charge in [-0.05, 0) is 43.2 Å². The fraction of sp³-hybridized carbons (Fsp3) is 0.300. The van der Waals surface area contributed by atoms with Crippen LogP contribution in [0.3, 0.4) is 0 Å². The van der Waals surface area contributed by atoms with Gasteiger partial charge in [0, 0.05) is 13.1 Å². The molecule has 0 fully saturated rings. The first kappa shape index (κ1) is 19.9. The Morgan fingerprint density at radius 3 is 2.42 bits per heavy atom. The van der Waals surface area contributed by atoms with Gasteiger partial charge in [-0.3, -0.25) is 9.59 Å². The molecule has 0 bridgehead atoms. The van der Waals surface area contributed by atoms with E-state index in [1.807, 2.05) is 0 Å². The zero-order valence-electron chi connectivity index (χ0n) is 14.6. The van der Waals surface area contributed by atoms with Crippen LogP contribution in [0, 0.1) is 5.82 Å². The first-order valence-electron chi connectivity index (χ1n) is 8.45. The van der Waals surface area contributed by atoms with Gasteiger partial charge in [-0.2, -0.15) is 0 Å². The Bertz CT molecular complexity index is 749. The van der Waals surface area contributed by atoms with E-state index >= 15 is 0 Å². The highest BCUT2D eigenvalue weighted by Crippen LogP contribution is 2.18. The van der Waals surface area contributed by atoms with Crippen molar-refractivity contribution in [3.05, 3.63) is 70.5 Å². The van der Waals surface area contributed by atoms with Crippen LogP contribution in [0.1, 0.15) is 29.3 Å². The van der Waals surface area contributed by atoms with Gasteiger partial charge in [0.25, 0.3) is 5.91 Å². The number of carbonyl (C=O) groups is 2. The summed E-state index contributed by atoms with van der Waals surface area (Å²) in [6, 6.07) is 12.9. The van der Waals surface area contributed by atoms with Crippen LogP contribution >= 0.6 is 11.6 Å². The van der Waals surface area contributed by atoms with Crippen LogP contribution < -0.4 is 0 Å². The Morgan fingerprint density at radius 1 is 1.08 bits per heavy atom. The number of amides is 1. The fourth-order valence-corrected chi connectivity index (χ4v) is 2.71. The summed E-state index contributed by atoms with van der Waals surface area (Å²) in [5, 5.41) is 0.361. The van der Waals surface area contributed by atoms with Gasteiger partial charge in [0.1, 0.15) is 5.82 Å². The highest BCUT2D eigenvalue weighted by molar-refractivity contribution is 6.33. The van der Waals surface area contributed by atoms with E-state index in [1.54, 1.807) is 48.2 Å². The first-order valence-corrected chi connectivity index (χ1v) is 8.83. The number of ether oxygens (including phenoxy) is 1. The van der Waals surface area contributed by atoms with Crippen molar-refractivity contribution in [1.29, 1.82) is 0 Å². The molecule has 6 heteroatoms. The number of hydrogen-bond acceptors (Lipinski definition) is 3. The molecule has 0 unspecified atom stereocenters. The molecule has 0 radical (unpaired) electrons. The van der Waals surface area contributed by atoms with E-state index < -0.39 is 0 Å². The molecular formula is C20H21ClFNO3. The van der Waals surface area contributed by atoms with Crippen LogP contribution in [-0.4, -0.2) is 36.5 Å². The van der Waals surface area contributed by atoms with E-state index in [2.05, 4.69) is 0 Å². The summed E-state index contributed by atoms with van der Waals surface area (Å²) in [6.45, 7) is 2.64. The smallest absolute Gasteiger partial charge is 0.307 e. The van der Waals surface area contributed by atoms with Gasteiger partial charge in [-0.15, -0.1) is 0 Å². The minimum Gasteiger partial charge on any atom is -0.466 e. The van der Waals surface area contributed by atoms with E-state index in [1.165, 1.54) is 12.1 Å². The van der Waals surface area contributed by atoms with Crippen LogP contribution in [-0.2, 0) is 16.0 Å². The average molecular weight is 378 g/mol. The molecule has 0 aliphatic rings. The van der Waals surface area contributed by atoms with E-state index in [9.17, 15) is 14.0 Å². The largest absolute Gasteiger partial charge is 0.466 e. The number of esters is 1. The Balaban J connectivity index is 2.09. The molecule has 1 amide bonds. The molecule has 0 spiro atoms. The predicted molar refractivity (Wildman–Crippen MR) is 98.7 cm³/mol. The summed E-state index contributed by atoms with van der Waals surface area (Å²) in [5.41, 5.74) is 1.29. The third kappa shape index (κ3) is 5.85. The Labute approximate surface area is 157 Å². The maximum absolute atomic E-state index is 13.0. The summed E-state index contributed by atoms with van der Waals surface area (Å²) >= 11 is 6.13. The minimum atomic E-state index is -0.355. The van der Waals surface area contributed by atoms with Crippen LogP contribution in [0.5, 0.6) is 0 Å². The molecule has 0 N–H and O–H groups in total. The molecule has 0 aliphatic carbocycles. The lowest BCUT2D eigenvalue weighted by molar-refractivity contribution is -0.143. The van der Waals surface area contributed by atoms with Crippen LogP contribution in [0.4, 0.5) is 4.39 Å². The van der Waals surface area contributed by atoms with Crippen molar-refractivity contribution >= 4 is 23.5 Å². The van der Waals surface area contributed by atoms with Crippen molar-refractivity contribution in [2.75, 3.05) is 19.7 Å². The number of hydrogen-bond donors (Lipinski definition) is 0.